The molecule has 0 spiro atoms. The average Bonchev–Trinajstić information content (AvgIpc) is 3.11. The first kappa shape index (κ1) is 16.5. The molecule has 3 aromatic rings. The van der Waals surface area contributed by atoms with Crippen LogP contribution in [0.15, 0.2) is 59.7 Å². The van der Waals surface area contributed by atoms with Crippen molar-refractivity contribution in [2.45, 2.75) is 19.9 Å². The Morgan fingerprint density at radius 1 is 1.16 bits per heavy atom. The van der Waals surface area contributed by atoms with Crippen LogP contribution in [0.1, 0.15) is 18.1 Å². The highest BCUT2D eigenvalue weighted by Gasteiger charge is 2.08. The van der Waals surface area contributed by atoms with Crippen molar-refractivity contribution in [1.82, 2.24) is 25.6 Å². The van der Waals surface area contributed by atoms with Gasteiger partial charge in [-0.2, -0.15) is 9.90 Å². The predicted octanol–water partition coefficient (Wildman–Crippen LogP) is 2.05. The fraction of sp³-hybridized carbons (Fsp3) is 0.167. The van der Waals surface area contributed by atoms with Crippen molar-refractivity contribution in [3.8, 4) is 11.4 Å². The molecule has 0 unspecified atom stereocenters. The lowest BCUT2D eigenvalue weighted by Gasteiger charge is -1.99. The molecule has 0 radical (unpaired) electrons. The standard InChI is InChI=1S/C18H18N6O/c1-2-14-8-10-15(11-9-14)12-19-20-17(25)13-24-22-18(21-23-24)16-6-4-3-5-7-16/h3-12H,2,13H2,1H3,(H,20,25)/b19-12-. The molecular formula is C18H18N6O. The average molecular weight is 334 g/mol. The number of aromatic nitrogens is 4. The quantitative estimate of drug-likeness (QED) is 0.552. The molecule has 0 aliphatic rings. The normalized spacial score (nSPS) is 10.9. The summed E-state index contributed by atoms with van der Waals surface area (Å²) in [5.41, 5.74) is 5.49. The van der Waals surface area contributed by atoms with Crippen LogP contribution in [0.25, 0.3) is 11.4 Å². The van der Waals surface area contributed by atoms with Gasteiger partial charge in [-0.25, -0.2) is 5.43 Å². The Hall–Kier alpha value is -3.35. The van der Waals surface area contributed by atoms with Gasteiger partial charge in [-0.05, 0) is 22.8 Å². The number of hydrogen-bond donors (Lipinski definition) is 1. The van der Waals surface area contributed by atoms with E-state index in [9.17, 15) is 4.79 Å². The van der Waals surface area contributed by atoms with E-state index >= 15 is 0 Å². The number of benzene rings is 2. The van der Waals surface area contributed by atoms with Crippen LogP contribution in [0.2, 0.25) is 0 Å². The van der Waals surface area contributed by atoms with E-state index < -0.39 is 0 Å². The molecule has 126 valence electrons. The number of tetrazole rings is 1. The molecule has 0 saturated carbocycles. The van der Waals surface area contributed by atoms with Gasteiger partial charge in [0.05, 0.1) is 6.21 Å². The molecule has 0 fully saturated rings. The van der Waals surface area contributed by atoms with Crippen LogP contribution in [-0.4, -0.2) is 32.3 Å². The summed E-state index contributed by atoms with van der Waals surface area (Å²) >= 11 is 0. The van der Waals surface area contributed by atoms with Crippen molar-refractivity contribution in [3.05, 3.63) is 65.7 Å². The third-order valence-corrected chi connectivity index (χ3v) is 3.56. The summed E-state index contributed by atoms with van der Waals surface area (Å²) in [5.74, 6) is 0.159. The first-order valence-electron chi connectivity index (χ1n) is 7.98. The van der Waals surface area contributed by atoms with Gasteiger partial charge in [0.1, 0.15) is 6.54 Å². The first-order valence-corrected chi connectivity index (χ1v) is 7.98. The van der Waals surface area contributed by atoms with E-state index in [1.807, 2.05) is 54.6 Å². The second kappa shape index (κ2) is 7.96. The van der Waals surface area contributed by atoms with Gasteiger partial charge in [0.2, 0.25) is 5.82 Å². The maximum atomic E-state index is 11.9. The second-order valence-electron chi connectivity index (χ2n) is 5.40. The molecule has 0 saturated heterocycles. The summed E-state index contributed by atoms with van der Waals surface area (Å²) in [7, 11) is 0. The molecule has 3 rings (SSSR count). The Kier molecular flexibility index (Phi) is 5.26. The van der Waals surface area contributed by atoms with E-state index in [2.05, 4.69) is 32.9 Å². The fourth-order valence-corrected chi connectivity index (χ4v) is 2.20. The SMILES string of the molecule is CCc1ccc(/C=N\NC(=O)Cn2nnc(-c3ccccc3)n2)cc1. The third-order valence-electron chi connectivity index (χ3n) is 3.56. The molecule has 1 heterocycles. The highest BCUT2D eigenvalue weighted by molar-refractivity contribution is 5.82. The number of carbonyl (C=O) groups excluding carboxylic acids is 1. The smallest absolute Gasteiger partial charge is 0.263 e. The van der Waals surface area contributed by atoms with Crippen LogP contribution in [0.3, 0.4) is 0 Å². The molecule has 1 N–H and O–H groups in total. The van der Waals surface area contributed by atoms with Crippen molar-refractivity contribution >= 4 is 12.1 Å². The zero-order valence-corrected chi connectivity index (χ0v) is 13.8. The van der Waals surface area contributed by atoms with Gasteiger partial charge in [-0.3, -0.25) is 4.79 Å². The number of rotatable bonds is 6. The molecular weight excluding hydrogens is 316 g/mol. The van der Waals surface area contributed by atoms with Crippen LogP contribution < -0.4 is 5.43 Å². The van der Waals surface area contributed by atoms with E-state index in [1.165, 1.54) is 10.4 Å². The first-order chi connectivity index (χ1) is 12.2. The van der Waals surface area contributed by atoms with Crippen molar-refractivity contribution in [2.75, 3.05) is 0 Å². The summed E-state index contributed by atoms with van der Waals surface area (Å²) in [5, 5.41) is 16.0. The van der Waals surface area contributed by atoms with Gasteiger partial charge < -0.3 is 0 Å². The molecule has 25 heavy (non-hydrogen) atoms. The summed E-state index contributed by atoms with van der Waals surface area (Å²) in [4.78, 5) is 13.1. The lowest BCUT2D eigenvalue weighted by molar-refractivity contribution is -0.122. The number of carbonyl (C=O) groups is 1. The number of amides is 1. The summed E-state index contributed by atoms with van der Waals surface area (Å²) in [6.07, 6.45) is 2.59. The van der Waals surface area contributed by atoms with E-state index in [-0.39, 0.29) is 12.5 Å². The summed E-state index contributed by atoms with van der Waals surface area (Å²) in [6, 6.07) is 17.5. The van der Waals surface area contributed by atoms with E-state index in [0.29, 0.717) is 5.82 Å². The topological polar surface area (TPSA) is 85.1 Å². The summed E-state index contributed by atoms with van der Waals surface area (Å²) < 4.78 is 0. The Balaban J connectivity index is 1.54. The molecule has 7 heteroatoms. The van der Waals surface area contributed by atoms with E-state index in [1.54, 1.807) is 6.21 Å². The van der Waals surface area contributed by atoms with Crippen LogP contribution in [-0.2, 0) is 17.8 Å². The maximum absolute atomic E-state index is 11.9. The Bertz CT molecular complexity index is 855. The molecule has 1 aromatic heterocycles. The number of hydrogen-bond acceptors (Lipinski definition) is 5. The Morgan fingerprint density at radius 2 is 1.92 bits per heavy atom. The fourth-order valence-electron chi connectivity index (χ4n) is 2.20. The monoisotopic (exact) mass is 334 g/mol. The molecule has 1 amide bonds. The van der Waals surface area contributed by atoms with Gasteiger partial charge in [-0.15, -0.1) is 10.2 Å². The number of nitrogens with one attached hydrogen (secondary N) is 1. The van der Waals surface area contributed by atoms with E-state index in [4.69, 9.17) is 0 Å². The summed E-state index contributed by atoms with van der Waals surface area (Å²) in [6.45, 7) is 2.05. The zero-order valence-electron chi connectivity index (χ0n) is 13.8. The highest BCUT2D eigenvalue weighted by atomic mass is 16.2. The van der Waals surface area contributed by atoms with Crippen molar-refractivity contribution in [1.29, 1.82) is 0 Å². The Labute approximate surface area is 145 Å². The minimum absolute atomic E-state index is 0.0497. The molecule has 0 atom stereocenters. The second-order valence-corrected chi connectivity index (χ2v) is 5.40. The largest absolute Gasteiger partial charge is 0.271 e. The number of aryl methyl sites for hydroxylation is 1. The van der Waals surface area contributed by atoms with Gasteiger partial charge in [0, 0.05) is 5.56 Å². The van der Waals surface area contributed by atoms with Crippen LogP contribution in [0.5, 0.6) is 0 Å². The van der Waals surface area contributed by atoms with Crippen molar-refractivity contribution in [3.63, 3.8) is 0 Å². The van der Waals surface area contributed by atoms with Gasteiger partial charge >= 0.3 is 0 Å². The van der Waals surface area contributed by atoms with E-state index in [0.717, 1.165) is 17.5 Å². The molecule has 2 aromatic carbocycles. The zero-order chi connectivity index (χ0) is 17.5. The van der Waals surface area contributed by atoms with Crippen molar-refractivity contribution in [2.24, 2.45) is 5.10 Å². The lowest BCUT2D eigenvalue weighted by Crippen LogP contribution is -2.24. The minimum Gasteiger partial charge on any atom is -0.271 e. The lowest BCUT2D eigenvalue weighted by atomic mass is 10.1. The molecule has 0 aliphatic carbocycles. The predicted molar refractivity (Wildman–Crippen MR) is 94.8 cm³/mol. The molecule has 0 aliphatic heterocycles. The number of nitrogens with zero attached hydrogens (tertiary/aromatic N) is 5. The van der Waals surface area contributed by atoms with Gasteiger partial charge in [0.25, 0.3) is 5.91 Å². The maximum Gasteiger partial charge on any atom is 0.263 e. The van der Waals surface area contributed by atoms with Crippen LogP contribution in [0.4, 0.5) is 0 Å². The van der Waals surface area contributed by atoms with Gasteiger partial charge in [0.15, 0.2) is 0 Å². The highest BCUT2D eigenvalue weighted by Crippen LogP contribution is 2.11. The van der Waals surface area contributed by atoms with Crippen LogP contribution in [0, 0.1) is 0 Å². The molecule has 7 nitrogen and oxygen atoms in total. The number of hydrazone groups is 1. The Morgan fingerprint density at radius 3 is 2.64 bits per heavy atom. The molecule has 0 bridgehead atoms. The van der Waals surface area contributed by atoms with Crippen molar-refractivity contribution < 1.29 is 4.79 Å². The third kappa shape index (κ3) is 4.57. The van der Waals surface area contributed by atoms with Gasteiger partial charge in [-0.1, -0.05) is 61.5 Å². The van der Waals surface area contributed by atoms with Crippen LogP contribution >= 0.6 is 0 Å². The minimum atomic E-state index is -0.321.